The van der Waals surface area contributed by atoms with Crippen molar-refractivity contribution >= 4 is 17.7 Å². The molecule has 6 nitrogen and oxygen atoms in total. The number of para-hydroxylation sites is 1. The maximum atomic E-state index is 11.7. The predicted octanol–water partition coefficient (Wildman–Crippen LogP) is 1.79. The van der Waals surface area contributed by atoms with Crippen LogP contribution >= 0.6 is 0 Å². The molecule has 1 rings (SSSR count). The van der Waals surface area contributed by atoms with Crippen molar-refractivity contribution in [1.82, 2.24) is 0 Å². The van der Waals surface area contributed by atoms with Gasteiger partial charge in [-0.2, -0.15) is 0 Å². The van der Waals surface area contributed by atoms with Gasteiger partial charge in [-0.3, -0.25) is 4.79 Å². The summed E-state index contributed by atoms with van der Waals surface area (Å²) >= 11 is 0. The Morgan fingerprint density at radius 1 is 1.26 bits per heavy atom. The molecule has 0 aliphatic carbocycles. The van der Waals surface area contributed by atoms with Gasteiger partial charge in [0.2, 0.25) is 5.90 Å². The number of Topliss-reactive ketones (excluding diaryl/α,β-unsaturated/α-hetero) is 1. The Balaban J connectivity index is 2.93. The molecule has 0 amide bonds. The van der Waals surface area contributed by atoms with Crippen LogP contribution in [0.1, 0.15) is 24.2 Å². The van der Waals surface area contributed by atoms with E-state index in [0.29, 0.717) is 12.5 Å². The van der Waals surface area contributed by atoms with Crippen LogP contribution in [0, 0.1) is 0 Å². The lowest BCUT2D eigenvalue weighted by Crippen LogP contribution is -2.16. The zero-order valence-electron chi connectivity index (χ0n) is 11.0. The van der Waals surface area contributed by atoms with Crippen LogP contribution in [0.4, 0.5) is 0 Å². The number of methoxy groups -OCH3 is 1. The number of oxime groups is 1. The van der Waals surface area contributed by atoms with Crippen molar-refractivity contribution in [3.05, 3.63) is 29.8 Å². The average molecular weight is 265 g/mol. The third kappa shape index (κ3) is 4.09. The molecule has 0 aliphatic rings. The Hall–Kier alpha value is -2.37. The van der Waals surface area contributed by atoms with E-state index in [9.17, 15) is 9.59 Å². The summed E-state index contributed by atoms with van der Waals surface area (Å²) in [6.07, 6.45) is 0. The van der Waals surface area contributed by atoms with E-state index in [0.717, 1.165) is 7.11 Å². The van der Waals surface area contributed by atoms with Gasteiger partial charge in [-0.15, -0.1) is 0 Å². The molecule has 0 saturated heterocycles. The van der Waals surface area contributed by atoms with Crippen LogP contribution in [0.3, 0.4) is 0 Å². The minimum Gasteiger partial charge on any atom is -0.479 e. The van der Waals surface area contributed by atoms with Crippen molar-refractivity contribution in [2.24, 2.45) is 5.16 Å². The molecular weight excluding hydrogens is 250 g/mol. The number of benzene rings is 1. The Morgan fingerprint density at radius 3 is 2.58 bits per heavy atom. The number of ether oxygens (including phenoxy) is 2. The summed E-state index contributed by atoms with van der Waals surface area (Å²) < 4.78 is 9.46. The smallest absolute Gasteiger partial charge is 0.379 e. The van der Waals surface area contributed by atoms with Crippen LogP contribution in [0.25, 0.3) is 0 Å². The lowest BCUT2D eigenvalue weighted by molar-refractivity contribution is -0.135. The van der Waals surface area contributed by atoms with Crippen LogP contribution in [-0.2, 0) is 14.3 Å². The number of hydrogen-bond donors (Lipinski definition) is 0. The second-order valence-electron chi connectivity index (χ2n) is 3.45. The summed E-state index contributed by atoms with van der Waals surface area (Å²) in [5.41, 5.74) is 0.0856. The fourth-order valence-electron chi connectivity index (χ4n) is 1.29. The summed E-state index contributed by atoms with van der Waals surface area (Å²) in [4.78, 5) is 28.1. The van der Waals surface area contributed by atoms with Crippen molar-refractivity contribution in [2.45, 2.75) is 13.8 Å². The zero-order valence-corrected chi connectivity index (χ0v) is 11.0. The maximum Gasteiger partial charge on any atom is 0.379 e. The van der Waals surface area contributed by atoms with Gasteiger partial charge in [0.15, 0.2) is 5.75 Å². The lowest BCUT2D eigenvalue weighted by atomic mass is 10.1. The molecule has 1 aromatic carbocycles. The van der Waals surface area contributed by atoms with Gasteiger partial charge in [-0.25, -0.2) is 4.79 Å². The molecule has 0 heterocycles. The molecule has 0 aliphatic heterocycles. The summed E-state index contributed by atoms with van der Waals surface area (Å²) in [6, 6.07) is 6.26. The quantitative estimate of drug-likeness (QED) is 0.203. The number of rotatable bonds is 5. The Labute approximate surface area is 110 Å². The molecule has 0 unspecified atom stereocenters. The molecule has 0 aromatic heterocycles. The first kappa shape index (κ1) is 14.7. The summed E-state index contributed by atoms with van der Waals surface area (Å²) in [5.74, 6) is -1.26. The van der Waals surface area contributed by atoms with Gasteiger partial charge in [-0.05, 0) is 24.2 Å². The molecule has 0 radical (unpaired) electrons. The third-order valence-electron chi connectivity index (χ3n) is 2.13. The summed E-state index contributed by atoms with van der Waals surface area (Å²) in [6.45, 7) is 3.89. The van der Waals surface area contributed by atoms with E-state index in [1.165, 1.54) is 12.1 Å². The highest BCUT2D eigenvalue weighted by Crippen LogP contribution is 2.19. The number of nitrogens with zero attached hydrogens (tertiary/aromatic N) is 1. The fourth-order valence-corrected chi connectivity index (χ4v) is 1.29. The van der Waals surface area contributed by atoms with Gasteiger partial charge in [0.05, 0.1) is 19.3 Å². The van der Waals surface area contributed by atoms with E-state index >= 15 is 0 Å². The molecule has 0 spiro atoms. The Bertz CT molecular complexity index is 496. The third-order valence-corrected chi connectivity index (χ3v) is 2.13. The SMILES string of the molecule is CCO/C(C)=N\Oc1ccccc1C(=O)C(=O)OC. The van der Waals surface area contributed by atoms with Gasteiger partial charge in [0.1, 0.15) is 0 Å². The van der Waals surface area contributed by atoms with Crippen LogP contribution in [0.5, 0.6) is 5.75 Å². The van der Waals surface area contributed by atoms with Crippen molar-refractivity contribution in [1.29, 1.82) is 0 Å². The normalized spacial score (nSPS) is 10.8. The molecule has 6 heteroatoms. The van der Waals surface area contributed by atoms with Crippen molar-refractivity contribution in [3.8, 4) is 5.75 Å². The van der Waals surface area contributed by atoms with Crippen molar-refractivity contribution in [3.63, 3.8) is 0 Å². The largest absolute Gasteiger partial charge is 0.479 e. The lowest BCUT2D eigenvalue weighted by Gasteiger charge is -2.06. The molecule has 1 aromatic rings. The van der Waals surface area contributed by atoms with Crippen molar-refractivity contribution in [2.75, 3.05) is 13.7 Å². The molecule has 0 N–H and O–H groups in total. The average Bonchev–Trinajstić information content (AvgIpc) is 2.44. The second kappa shape index (κ2) is 7.15. The van der Waals surface area contributed by atoms with Gasteiger partial charge in [0, 0.05) is 6.92 Å². The van der Waals surface area contributed by atoms with Gasteiger partial charge >= 0.3 is 5.97 Å². The standard InChI is InChI=1S/C13H15NO5/c1-4-18-9(2)14-19-11-8-6-5-7-10(11)12(15)13(16)17-3/h5-8H,4H2,1-3H3/b14-9-. The number of carbonyl (C=O) groups is 2. The zero-order chi connectivity index (χ0) is 14.3. The predicted molar refractivity (Wildman–Crippen MR) is 68.2 cm³/mol. The van der Waals surface area contributed by atoms with Crippen LogP contribution < -0.4 is 4.84 Å². The molecule has 102 valence electrons. The molecule has 0 atom stereocenters. The molecule has 19 heavy (non-hydrogen) atoms. The Morgan fingerprint density at radius 2 is 1.95 bits per heavy atom. The first-order valence-corrected chi connectivity index (χ1v) is 5.66. The van der Waals surface area contributed by atoms with E-state index in [-0.39, 0.29) is 11.3 Å². The number of carbonyl (C=O) groups excluding carboxylic acids is 2. The molecule has 0 bridgehead atoms. The van der Waals surface area contributed by atoms with E-state index in [1.807, 2.05) is 6.92 Å². The molecule has 0 saturated carbocycles. The van der Waals surface area contributed by atoms with Crippen LogP contribution in [-0.4, -0.2) is 31.4 Å². The van der Waals surface area contributed by atoms with E-state index in [4.69, 9.17) is 9.57 Å². The monoisotopic (exact) mass is 265 g/mol. The topological polar surface area (TPSA) is 74.2 Å². The van der Waals surface area contributed by atoms with Gasteiger partial charge in [0.25, 0.3) is 5.78 Å². The maximum absolute atomic E-state index is 11.7. The van der Waals surface area contributed by atoms with Crippen molar-refractivity contribution < 1.29 is 23.9 Å². The Kier molecular flexibility index (Phi) is 5.53. The first-order valence-electron chi connectivity index (χ1n) is 5.66. The molecular formula is C13H15NO5. The summed E-state index contributed by atoms with van der Waals surface area (Å²) in [7, 11) is 1.14. The second-order valence-corrected chi connectivity index (χ2v) is 3.45. The minimum atomic E-state index is -0.957. The number of hydrogen-bond acceptors (Lipinski definition) is 6. The van der Waals surface area contributed by atoms with E-state index < -0.39 is 11.8 Å². The van der Waals surface area contributed by atoms with Gasteiger partial charge in [-0.1, -0.05) is 12.1 Å². The van der Waals surface area contributed by atoms with Crippen LogP contribution in [0.15, 0.2) is 29.4 Å². The van der Waals surface area contributed by atoms with E-state index in [1.54, 1.807) is 19.1 Å². The highest BCUT2D eigenvalue weighted by Gasteiger charge is 2.21. The highest BCUT2D eigenvalue weighted by molar-refractivity contribution is 6.41. The molecule has 0 fully saturated rings. The van der Waals surface area contributed by atoms with E-state index in [2.05, 4.69) is 9.89 Å². The fraction of sp³-hybridized carbons (Fsp3) is 0.308. The number of esters is 1. The van der Waals surface area contributed by atoms with Gasteiger partial charge < -0.3 is 14.3 Å². The summed E-state index contributed by atoms with van der Waals surface area (Å²) in [5, 5.41) is 3.70. The van der Waals surface area contributed by atoms with Crippen LogP contribution in [0.2, 0.25) is 0 Å². The minimum absolute atomic E-state index is 0.0856. The number of ketones is 1. The highest BCUT2D eigenvalue weighted by atomic mass is 16.6. The first-order chi connectivity index (χ1) is 9.10.